The Kier molecular flexibility index (Phi) is 2.60. The van der Waals surface area contributed by atoms with Crippen LogP contribution in [0.5, 0.6) is 0 Å². The molecule has 1 aromatic carbocycles. The lowest BCUT2D eigenvalue weighted by Gasteiger charge is -2.05. The zero-order valence-electron chi connectivity index (χ0n) is 10.4. The Hall–Kier alpha value is -1.41. The average molecular weight is 226 g/mol. The van der Waals surface area contributed by atoms with E-state index < -0.39 is 0 Å². The van der Waals surface area contributed by atoms with Crippen molar-refractivity contribution in [1.29, 1.82) is 0 Å². The molecule has 0 spiro atoms. The first kappa shape index (κ1) is 10.7. The van der Waals surface area contributed by atoms with E-state index in [-0.39, 0.29) is 0 Å². The summed E-state index contributed by atoms with van der Waals surface area (Å²) < 4.78 is 0. The largest absolute Gasteiger partial charge is 0.310 e. The van der Waals surface area contributed by atoms with Gasteiger partial charge in [-0.05, 0) is 43.0 Å². The summed E-state index contributed by atoms with van der Waals surface area (Å²) in [6.07, 6.45) is 1.33. The number of benzene rings is 1. The van der Waals surface area contributed by atoms with E-state index >= 15 is 0 Å². The van der Waals surface area contributed by atoms with Gasteiger partial charge in [-0.3, -0.25) is 4.98 Å². The lowest BCUT2D eigenvalue weighted by Crippen LogP contribution is -2.16. The minimum atomic E-state index is 0.738. The topological polar surface area (TPSA) is 24.9 Å². The van der Waals surface area contributed by atoms with Gasteiger partial charge in [0.1, 0.15) is 0 Å². The highest BCUT2D eigenvalue weighted by Crippen LogP contribution is 2.29. The average Bonchev–Trinajstić information content (AvgIpc) is 3.03. The zero-order valence-corrected chi connectivity index (χ0v) is 10.4. The predicted octanol–water partition coefficient (Wildman–Crippen LogP) is 3.04. The fraction of sp³-hybridized carbons (Fsp3) is 0.400. The number of aromatic nitrogens is 1. The molecule has 1 aliphatic rings. The van der Waals surface area contributed by atoms with Crippen LogP contribution in [-0.4, -0.2) is 11.0 Å². The number of nitrogens with one attached hydrogen (secondary N) is 1. The van der Waals surface area contributed by atoms with E-state index in [9.17, 15) is 0 Å². The summed E-state index contributed by atoms with van der Waals surface area (Å²) >= 11 is 0. The highest BCUT2D eigenvalue weighted by atomic mass is 15.0. The van der Waals surface area contributed by atoms with Crippen LogP contribution in [-0.2, 0) is 6.54 Å². The number of fused-ring (bicyclic) bond motifs is 1. The Labute approximate surface area is 102 Å². The van der Waals surface area contributed by atoms with Gasteiger partial charge in [-0.25, -0.2) is 0 Å². The highest BCUT2D eigenvalue weighted by molar-refractivity contribution is 5.79. The van der Waals surface area contributed by atoms with Gasteiger partial charge >= 0.3 is 0 Å². The van der Waals surface area contributed by atoms with Crippen LogP contribution in [0.15, 0.2) is 30.3 Å². The third-order valence-corrected chi connectivity index (χ3v) is 3.57. The van der Waals surface area contributed by atoms with Gasteiger partial charge in [0.2, 0.25) is 0 Å². The predicted molar refractivity (Wildman–Crippen MR) is 70.9 cm³/mol. The Morgan fingerprint density at radius 1 is 1.29 bits per heavy atom. The lowest BCUT2D eigenvalue weighted by atomic mass is 10.1. The molecule has 0 bridgehead atoms. The standard InChI is InChI=1S/C15H18N2/c1-10-7-15(10)16-9-12-4-6-14-13(8-12)5-3-11(2)17-14/h3-6,8,10,15-16H,7,9H2,1-2H3. The molecule has 1 saturated carbocycles. The van der Waals surface area contributed by atoms with Gasteiger partial charge in [0.25, 0.3) is 0 Å². The second kappa shape index (κ2) is 4.11. The summed E-state index contributed by atoms with van der Waals surface area (Å²) in [5.74, 6) is 0.861. The molecular formula is C15H18N2. The molecule has 88 valence electrons. The molecule has 17 heavy (non-hydrogen) atoms. The summed E-state index contributed by atoms with van der Waals surface area (Å²) in [6.45, 7) is 5.30. The maximum absolute atomic E-state index is 4.52. The third-order valence-electron chi connectivity index (χ3n) is 3.57. The molecule has 1 N–H and O–H groups in total. The number of nitrogens with zero attached hydrogens (tertiary/aromatic N) is 1. The first-order chi connectivity index (χ1) is 8.22. The summed E-state index contributed by atoms with van der Waals surface area (Å²) in [4.78, 5) is 4.52. The van der Waals surface area contributed by atoms with Gasteiger partial charge in [-0.15, -0.1) is 0 Å². The Balaban J connectivity index is 1.79. The molecule has 0 amide bonds. The first-order valence-corrected chi connectivity index (χ1v) is 6.32. The van der Waals surface area contributed by atoms with Crippen molar-refractivity contribution in [2.75, 3.05) is 0 Å². The number of hydrogen-bond donors (Lipinski definition) is 1. The summed E-state index contributed by atoms with van der Waals surface area (Å²) in [6, 6.07) is 11.5. The highest BCUT2D eigenvalue weighted by Gasteiger charge is 2.31. The van der Waals surface area contributed by atoms with Crippen LogP contribution >= 0.6 is 0 Å². The number of aryl methyl sites for hydroxylation is 1. The lowest BCUT2D eigenvalue weighted by molar-refractivity contribution is 0.653. The van der Waals surface area contributed by atoms with Gasteiger partial charge in [-0.2, -0.15) is 0 Å². The summed E-state index contributed by atoms with van der Waals surface area (Å²) in [5, 5.41) is 4.81. The van der Waals surface area contributed by atoms with E-state index in [1.807, 2.05) is 6.92 Å². The minimum Gasteiger partial charge on any atom is -0.310 e. The molecule has 0 radical (unpaired) electrons. The van der Waals surface area contributed by atoms with Crippen LogP contribution in [0.25, 0.3) is 10.9 Å². The Morgan fingerprint density at radius 3 is 2.88 bits per heavy atom. The van der Waals surface area contributed by atoms with Gasteiger partial charge in [0, 0.05) is 23.7 Å². The second-order valence-electron chi connectivity index (χ2n) is 5.18. The maximum atomic E-state index is 4.52. The van der Waals surface area contributed by atoms with Crippen molar-refractivity contribution in [3.63, 3.8) is 0 Å². The second-order valence-corrected chi connectivity index (χ2v) is 5.18. The van der Waals surface area contributed by atoms with Crippen molar-refractivity contribution in [3.05, 3.63) is 41.6 Å². The van der Waals surface area contributed by atoms with Crippen molar-refractivity contribution >= 4 is 10.9 Å². The molecule has 3 rings (SSSR count). The van der Waals surface area contributed by atoms with Crippen molar-refractivity contribution < 1.29 is 0 Å². The van der Waals surface area contributed by atoms with E-state index in [2.05, 4.69) is 47.6 Å². The third kappa shape index (κ3) is 2.32. The number of rotatable bonds is 3. The minimum absolute atomic E-state index is 0.738. The van der Waals surface area contributed by atoms with Crippen molar-refractivity contribution in [1.82, 2.24) is 10.3 Å². The van der Waals surface area contributed by atoms with Crippen LogP contribution in [0.1, 0.15) is 24.6 Å². The van der Waals surface area contributed by atoms with Crippen molar-refractivity contribution in [3.8, 4) is 0 Å². The van der Waals surface area contributed by atoms with E-state index in [0.29, 0.717) is 0 Å². The van der Waals surface area contributed by atoms with E-state index in [1.165, 1.54) is 17.4 Å². The van der Waals surface area contributed by atoms with Crippen LogP contribution in [0.4, 0.5) is 0 Å². The number of pyridine rings is 1. The van der Waals surface area contributed by atoms with Crippen LogP contribution in [0.3, 0.4) is 0 Å². The zero-order chi connectivity index (χ0) is 11.8. The molecule has 0 aliphatic heterocycles. The molecule has 2 atom stereocenters. The molecule has 1 heterocycles. The molecule has 2 nitrogen and oxygen atoms in total. The first-order valence-electron chi connectivity index (χ1n) is 6.32. The normalized spacial score (nSPS) is 22.9. The molecule has 0 saturated heterocycles. The molecular weight excluding hydrogens is 208 g/mol. The quantitative estimate of drug-likeness (QED) is 0.870. The van der Waals surface area contributed by atoms with E-state index in [1.54, 1.807) is 0 Å². The van der Waals surface area contributed by atoms with Crippen molar-refractivity contribution in [2.45, 2.75) is 32.9 Å². The Bertz CT molecular complexity index is 548. The summed E-state index contributed by atoms with van der Waals surface area (Å²) in [5.41, 5.74) is 3.52. The number of hydrogen-bond acceptors (Lipinski definition) is 2. The van der Waals surface area contributed by atoms with E-state index in [0.717, 1.165) is 29.7 Å². The molecule has 2 aromatic rings. The summed E-state index contributed by atoms with van der Waals surface area (Å²) in [7, 11) is 0. The fourth-order valence-corrected chi connectivity index (χ4v) is 2.24. The fourth-order valence-electron chi connectivity index (χ4n) is 2.24. The Morgan fingerprint density at radius 2 is 2.12 bits per heavy atom. The monoisotopic (exact) mass is 226 g/mol. The van der Waals surface area contributed by atoms with Crippen molar-refractivity contribution in [2.24, 2.45) is 5.92 Å². The molecule has 2 heteroatoms. The molecule has 1 aliphatic carbocycles. The smallest absolute Gasteiger partial charge is 0.0705 e. The van der Waals surface area contributed by atoms with Crippen LogP contribution in [0.2, 0.25) is 0 Å². The van der Waals surface area contributed by atoms with Gasteiger partial charge in [0.15, 0.2) is 0 Å². The van der Waals surface area contributed by atoms with Crippen LogP contribution < -0.4 is 5.32 Å². The SMILES string of the molecule is Cc1ccc2cc(CNC3CC3C)ccc2n1. The van der Waals surface area contributed by atoms with Gasteiger partial charge < -0.3 is 5.32 Å². The van der Waals surface area contributed by atoms with Gasteiger partial charge in [0.05, 0.1) is 5.52 Å². The maximum Gasteiger partial charge on any atom is 0.0705 e. The molecule has 2 unspecified atom stereocenters. The van der Waals surface area contributed by atoms with Crippen LogP contribution in [0, 0.1) is 12.8 Å². The van der Waals surface area contributed by atoms with Gasteiger partial charge in [-0.1, -0.05) is 19.1 Å². The van der Waals surface area contributed by atoms with E-state index in [4.69, 9.17) is 0 Å². The molecule has 1 aromatic heterocycles. The molecule has 1 fully saturated rings.